The van der Waals surface area contributed by atoms with Crippen molar-refractivity contribution in [1.82, 2.24) is 0 Å². The van der Waals surface area contributed by atoms with Crippen LogP contribution in [0.2, 0.25) is 0 Å². The number of anilines is 1. The SMILES string of the molecule is Nc1csc(CC2CCCC2)c1. The lowest BCUT2D eigenvalue weighted by Crippen LogP contribution is -1.96. The topological polar surface area (TPSA) is 26.0 Å². The van der Waals surface area contributed by atoms with E-state index in [1.807, 2.05) is 16.7 Å². The summed E-state index contributed by atoms with van der Waals surface area (Å²) in [6.45, 7) is 0. The molecule has 66 valence electrons. The first-order valence-electron chi connectivity index (χ1n) is 4.67. The largest absolute Gasteiger partial charge is 0.398 e. The highest BCUT2D eigenvalue weighted by Crippen LogP contribution is 2.30. The zero-order valence-corrected chi connectivity index (χ0v) is 8.07. The number of hydrogen-bond donors (Lipinski definition) is 1. The van der Waals surface area contributed by atoms with Crippen molar-refractivity contribution >= 4 is 17.0 Å². The molecule has 1 nitrogen and oxygen atoms in total. The van der Waals surface area contributed by atoms with E-state index in [1.165, 1.54) is 37.0 Å². The Hall–Kier alpha value is -0.500. The monoisotopic (exact) mass is 181 g/mol. The van der Waals surface area contributed by atoms with E-state index in [0.717, 1.165) is 11.6 Å². The molecule has 0 aliphatic heterocycles. The van der Waals surface area contributed by atoms with Crippen LogP contribution in [0, 0.1) is 5.92 Å². The quantitative estimate of drug-likeness (QED) is 0.745. The van der Waals surface area contributed by atoms with Gasteiger partial charge in [0, 0.05) is 15.9 Å². The first-order valence-corrected chi connectivity index (χ1v) is 5.55. The van der Waals surface area contributed by atoms with Crippen molar-refractivity contribution in [2.45, 2.75) is 32.1 Å². The van der Waals surface area contributed by atoms with Gasteiger partial charge in [-0.3, -0.25) is 0 Å². The van der Waals surface area contributed by atoms with Crippen LogP contribution in [0.3, 0.4) is 0 Å². The molecule has 0 unspecified atom stereocenters. The number of rotatable bonds is 2. The minimum atomic E-state index is 0.938. The summed E-state index contributed by atoms with van der Waals surface area (Å²) in [6.07, 6.45) is 6.99. The van der Waals surface area contributed by atoms with Crippen LogP contribution in [0.5, 0.6) is 0 Å². The highest BCUT2D eigenvalue weighted by Gasteiger charge is 2.15. The molecule has 12 heavy (non-hydrogen) atoms. The molecule has 0 amide bonds. The Morgan fingerprint density at radius 3 is 2.75 bits per heavy atom. The first-order chi connectivity index (χ1) is 5.84. The summed E-state index contributed by atoms with van der Waals surface area (Å²) in [5.74, 6) is 0.947. The van der Waals surface area contributed by atoms with Crippen LogP contribution in [0.1, 0.15) is 30.6 Å². The second kappa shape index (κ2) is 3.48. The predicted octanol–water partition coefficient (Wildman–Crippen LogP) is 3.06. The molecule has 1 aliphatic rings. The average Bonchev–Trinajstić information content (AvgIpc) is 2.63. The van der Waals surface area contributed by atoms with E-state index in [0.29, 0.717) is 0 Å². The molecule has 0 bridgehead atoms. The van der Waals surface area contributed by atoms with Gasteiger partial charge in [0.1, 0.15) is 0 Å². The van der Waals surface area contributed by atoms with Crippen LogP contribution in [0.25, 0.3) is 0 Å². The standard InChI is InChI=1S/C10H15NS/c11-9-6-10(12-7-9)5-8-3-1-2-4-8/h6-8H,1-5,11H2. The normalized spacial score (nSPS) is 18.7. The van der Waals surface area contributed by atoms with E-state index < -0.39 is 0 Å². The number of nitrogen functional groups attached to an aromatic ring is 1. The molecule has 1 fully saturated rings. The summed E-state index contributed by atoms with van der Waals surface area (Å²) in [5.41, 5.74) is 6.60. The van der Waals surface area contributed by atoms with Crippen molar-refractivity contribution in [1.29, 1.82) is 0 Å². The van der Waals surface area contributed by atoms with Gasteiger partial charge in [0.2, 0.25) is 0 Å². The second-order valence-corrected chi connectivity index (χ2v) is 4.70. The van der Waals surface area contributed by atoms with Gasteiger partial charge >= 0.3 is 0 Å². The predicted molar refractivity (Wildman–Crippen MR) is 54.4 cm³/mol. The smallest absolute Gasteiger partial charge is 0.0425 e. The minimum absolute atomic E-state index is 0.938. The fourth-order valence-electron chi connectivity index (χ4n) is 2.00. The molecule has 0 saturated heterocycles. The maximum atomic E-state index is 5.66. The molecule has 0 spiro atoms. The number of thiophene rings is 1. The van der Waals surface area contributed by atoms with Gasteiger partial charge in [-0.1, -0.05) is 25.7 Å². The Labute approximate surface area is 77.6 Å². The van der Waals surface area contributed by atoms with Crippen molar-refractivity contribution in [2.24, 2.45) is 5.92 Å². The van der Waals surface area contributed by atoms with Crippen molar-refractivity contribution < 1.29 is 0 Å². The Bertz CT molecular complexity index is 248. The lowest BCUT2D eigenvalue weighted by molar-refractivity contribution is 0.551. The fraction of sp³-hybridized carbons (Fsp3) is 0.600. The molecule has 0 atom stereocenters. The van der Waals surface area contributed by atoms with Crippen molar-refractivity contribution in [3.05, 3.63) is 16.3 Å². The van der Waals surface area contributed by atoms with Crippen LogP contribution in [0.4, 0.5) is 5.69 Å². The van der Waals surface area contributed by atoms with Crippen LogP contribution in [-0.2, 0) is 6.42 Å². The van der Waals surface area contributed by atoms with Crippen molar-refractivity contribution in [3.63, 3.8) is 0 Å². The van der Waals surface area contributed by atoms with E-state index >= 15 is 0 Å². The Morgan fingerprint density at radius 2 is 2.17 bits per heavy atom. The zero-order valence-electron chi connectivity index (χ0n) is 7.25. The van der Waals surface area contributed by atoms with Gasteiger partial charge in [-0.25, -0.2) is 0 Å². The number of hydrogen-bond acceptors (Lipinski definition) is 2. The summed E-state index contributed by atoms with van der Waals surface area (Å²) in [5, 5.41) is 2.05. The molecule has 1 heterocycles. The lowest BCUT2D eigenvalue weighted by atomic mass is 10.0. The van der Waals surface area contributed by atoms with Crippen molar-refractivity contribution in [3.8, 4) is 0 Å². The third kappa shape index (κ3) is 1.81. The van der Waals surface area contributed by atoms with Gasteiger partial charge in [-0.2, -0.15) is 0 Å². The molecule has 1 aromatic rings. The molecule has 2 heteroatoms. The van der Waals surface area contributed by atoms with Crippen LogP contribution in [0.15, 0.2) is 11.4 Å². The Kier molecular flexibility index (Phi) is 2.35. The second-order valence-electron chi connectivity index (χ2n) is 3.70. The highest BCUT2D eigenvalue weighted by atomic mass is 32.1. The third-order valence-corrected chi connectivity index (χ3v) is 3.62. The molecule has 1 aliphatic carbocycles. The first kappa shape index (κ1) is 8.11. The van der Waals surface area contributed by atoms with Gasteiger partial charge in [-0.15, -0.1) is 11.3 Å². The van der Waals surface area contributed by atoms with E-state index in [1.54, 1.807) is 0 Å². The highest BCUT2D eigenvalue weighted by molar-refractivity contribution is 7.10. The van der Waals surface area contributed by atoms with Crippen molar-refractivity contribution in [2.75, 3.05) is 5.73 Å². The summed E-state index contributed by atoms with van der Waals surface area (Å²) in [7, 11) is 0. The summed E-state index contributed by atoms with van der Waals surface area (Å²) < 4.78 is 0. The molecule has 0 aromatic carbocycles. The number of nitrogens with two attached hydrogens (primary N) is 1. The van der Waals surface area contributed by atoms with E-state index in [2.05, 4.69) is 6.07 Å². The van der Waals surface area contributed by atoms with Gasteiger partial charge in [-0.05, 0) is 18.4 Å². The molecule has 0 radical (unpaired) electrons. The zero-order chi connectivity index (χ0) is 8.39. The fourth-order valence-corrected chi connectivity index (χ4v) is 2.90. The maximum absolute atomic E-state index is 5.66. The molecule has 2 rings (SSSR count). The summed E-state index contributed by atoms with van der Waals surface area (Å²) in [6, 6.07) is 2.13. The van der Waals surface area contributed by atoms with Crippen LogP contribution >= 0.6 is 11.3 Å². The average molecular weight is 181 g/mol. The Morgan fingerprint density at radius 1 is 1.42 bits per heavy atom. The van der Waals surface area contributed by atoms with Gasteiger partial charge < -0.3 is 5.73 Å². The van der Waals surface area contributed by atoms with Gasteiger partial charge in [0.25, 0.3) is 0 Å². The third-order valence-electron chi connectivity index (χ3n) is 2.64. The summed E-state index contributed by atoms with van der Waals surface area (Å²) in [4.78, 5) is 1.47. The minimum Gasteiger partial charge on any atom is -0.398 e. The molecule has 2 N–H and O–H groups in total. The van der Waals surface area contributed by atoms with Crippen LogP contribution < -0.4 is 5.73 Å². The Balaban J connectivity index is 1.94. The van der Waals surface area contributed by atoms with E-state index in [9.17, 15) is 0 Å². The molecule has 1 aromatic heterocycles. The maximum Gasteiger partial charge on any atom is 0.0425 e. The van der Waals surface area contributed by atoms with Gasteiger partial charge in [0.05, 0.1) is 0 Å². The lowest BCUT2D eigenvalue weighted by Gasteiger charge is -2.04. The molecule has 1 saturated carbocycles. The van der Waals surface area contributed by atoms with E-state index in [4.69, 9.17) is 5.73 Å². The molecular weight excluding hydrogens is 166 g/mol. The van der Waals surface area contributed by atoms with E-state index in [-0.39, 0.29) is 0 Å². The van der Waals surface area contributed by atoms with Crippen LogP contribution in [-0.4, -0.2) is 0 Å². The molecular formula is C10H15NS. The summed E-state index contributed by atoms with van der Waals surface area (Å²) >= 11 is 1.81. The van der Waals surface area contributed by atoms with Gasteiger partial charge in [0.15, 0.2) is 0 Å².